The van der Waals surface area contributed by atoms with Crippen molar-refractivity contribution in [3.63, 3.8) is 0 Å². The van der Waals surface area contributed by atoms with Gasteiger partial charge in [-0.1, -0.05) is 17.7 Å². The summed E-state index contributed by atoms with van der Waals surface area (Å²) in [6.45, 7) is 2.37. The monoisotopic (exact) mass is 390 g/mol. The Balaban J connectivity index is 1.76. The lowest BCUT2D eigenvalue weighted by Crippen LogP contribution is -2.47. The summed E-state index contributed by atoms with van der Waals surface area (Å²) in [6, 6.07) is 4.32. The van der Waals surface area contributed by atoms with Crippen molar-refractivity contribution in [2.75, 3.05) is 32.1 Å². The van der Waals surface area contributed by atoms with E-state index < -0.39 is 21.3 Å². The van der Waals surface area contributed by atoms with Crippen molar-refractivity contribution in [1.82, 2.24) is 9.62 Å². The van der Waals surface area contributed by atoms with Gasteiger partial charge in [0.05, 0.1) is 24.4 Å². The first-order valence-corrected chi connectivity index (χ1v) is 10.1. The molecule has 2 heterocycles. The molecule has 6 nitrogen and oxygen atoms in total. The Bertz CT molecular complexity index is 768. The van der Waals surface area contributed by atoms with E-state index in [-0.39, 0.29) is 54.4 Å². The summed E-state index contributed by atoms with van der Waals surface area (Å²) in [5.41, 5.74) is -0.722. The SMILES string of the molecule is CCS(=O)(=O)N1C[C@@H]2COC[C@]2(C(=O)NCc2c(F)cccc2Cl)C1. The van der Waals surface area contributed by atoms with Crippen molar-refractivity contribution in [2.24, 2.45) is 11.3 Å². The van der Waals surface area contributed by atoms with E-state index in [9.17, 15) is 17.6 Å². The molecule has 0 aromatic heterocycles. The summed E-state index contributed by atoms with van der Waals surface area (Å²) in [7, 11) is -3.38. The summed E-state index contributed by atoms with van der Waals surface area (Å²) >= 11 is 5.98. The second kappa shape index (κ2) is 6.83. The maximum atomic E-state index is 13.9. The number of fused-ring (bicyclic) bond motifs is 1. The van der Waals surface area contributed by atoms with Gasteiger partial charge < -0.3 is 10.1 Å². The highest BCUT2D eigenvalue weighted by Gasteiger charge is 2.57. The van der Waals surface area contributed by atoms with E-state index in [4.69, 9.17) is 16.3 Å². The van der Waals surface area contributed by atoms with Crippen LogP contribution in [0, 0.1) is 17.2 Å². The number of halogens is 2. The minimum Gasteiger partial charge on any atom is -0.380 e. The molecule has 1 amide bonds. The number of amides is 1. The Labute approximate surface area is 151 Å². The van der Waals surface area contributed by atoms with Gasteiger partial charge in [0.25, 0.3) is 0 Å². The molecular formula is C16H20ClFN2O4S. The fraction of sp³-hybridized carbons (Fsp3) is 0.562. The van der Waals surface area contributed by atoms with Crippen molar-refractivity contribution >= 4 is 27.5 Å². The van der Waals surface area contributed by atoms with E-state index in [1.807, 2.05) is 0 Å². The van der Waals surface area contributed by atoms with Crippen molar-refractivity contribution in [3.8, 4) is 0 Å². The van der Waals surface area contributed by atoms with Gasteiger partial charge in [-0.2, -0.15) is 0 Å². The maximum Gasteiger partial charge on any atom is 0.230 e. The molecule has 0 spiro atoms. The fourth-order valence-corrected chi connectivity index (χ4v) is 4.88. The lowest BCUT2D eigenvalue weighted by atomic mass is 9.80. The van der Waals surface area contributed by atoms with Crippen molar-refractivity contribution in [2.45, 2.75) is 13.5 Å². The Morgan fingerprint density at radius 1 is 1.52 bits per heavy atom. The van der Waals surface area contributed by atoms with Gasteiger partial charge in [0.2, 0.25) is 15.9 Å². The molecule has 0 bridgehead atoms. The summed E-state index contributed by atoms with van der Waals surface area (Å²) < 4.78 is 45.0. The standard InChI is InChI=1S/C16H20ClFN2O4S/c1-2-25(22,23)20-7-11-8-24-10-16(11,9-20)15(21)19-6-12-13(17)4-3-5-14(12)18/h3-5,11H,2,6-10H2,1H3,(H,19,21)/t11-,16-/m1/s1. The van der Waals surface area contributed by atoms with Gasteiger partial charge in [0.1, 0.15) is 5.82 Å². The van der Waals surface area contributed by atoms with Crippen LogP contribution in [0.4, 0.5) is 4.39 Å². The van der Waals surface area contributed by atoms with E-state index in [1.165, 1.54) is 16.4 Å². The van der Waals surface area contributed by atoms with E-state index in [0.29, 0.717) is 6.61 Å². The number of nitrogens with one attached hydrogen (secondary N) is 1. The zero-order valence-electron chi connectivity index (χ0n) is 13.8. The fourth-order valence-electron chi connectivity index (χ4n) is 3.45. The smallest absolute Gasteiger partial charge is 0.230 e. The highest BCUT2D eigenvalue weighted by molar-refractivity contribution is 7.89. The minimum atomic E-state index is -3.38. The van der Waals surface area contributed by atoms with Crippen LogP contribution < -0.4 is 5.32 Å². The zero-order chi connectivity index (χ0) is 18.2. The zero-order valence-corrected chi connectivity index (χ0v) is 15.4. The third-order valence-corrected chi connectivity index (χ3v) is 7.19. The molecule has 3 rings (SSSR count). The molecule has 1 aromatic rings. The number of hydrogen-bond acceptors (Lipinski definition) is 4. The first-order valence-electron chi connectivity index (χ1n) is 8.07. The summed E-state index contributed by atoms with van der Waals surface area (Å²) in [4.78, 5) is 12.8. The highest BCUT2D eigenvalue weighted by Crippen LogP contribution is 2.42. The lowest BCUT2D eigenvalue weighted by Gasteiger charge is -2.26. The van der Waals surface area contributed by atoms with Gasteiger partial charge in [0, 0.05) is 36.1 Å². The van der Waals surface area contributed by atoms with Crippen molar-refractivity contribution in [1.29, 1.82) is 0 Å². The second-order valence-electron chi connectivity index (χ2n) is 6.44. The average molecular weight is 391 g/mol. The Morgan fingerprint density at radius 3 is 2.96 bits per heavy atom. The number of sulfonamides is 1. The first-order chi connectivity index (χ1) is 11.8. The third-order valence-electron chi connectivity index (χ3n) is 5.04. The van der Waals surface area contributed by atoms with Gasteiger partial charge >= 0.3 is 0 Å². The molecule has 0 aliphatic carbocycles. The van der Waals surface area contributed by atoms with Gasteiger partial charge in [-0.25, -0.2) is 17.1 Å². The summed E-state index contributed by atoms with van der Waals surface area (Å²) in [5, 5.41) is 2.94. The summed E-state index contributed by atoms with van der Waals surface area (Å²) in [5.74, 6) is -1.04. The number of nitrogens with zero attached hydrogens (tertiary/aromatic N) is 1. The van der Waals surface area contributed by atoms with Crippen molar-refractivity contribution in [3.05, 3.63) is 34.6 Å². The van der Waals surface area contributed by atoms with E-state index in [2.05, 4.69) is 5.32 Å². The molecule has 1 N–H and O–H groups in total. The van der Waals surface area contributed by atoms with E-state index in [0.717, 1.165) is 0 Å². The number of carbonyl (C=O) groups excluding carboxylic acids is 1. The van der Waals surface area contributed by atoms with Crippen LogP contribution in [0.15, 0.2) is 18.2 Å². The van der Waals surface area contributed by atoms with Gasteiger partial charge in [0.15, 0.2) is 0 Å². The average Bonchev–Trinajstić information content (AvgIpc) is 3.12. The molecule has 0 unspecified atom stereocenters. The number of rotatable bonds is 5. The third kappa shape index (κ3) is 3.28. The molecule has 25 heavy (non-hydrogen) atoms. The van der Waals surface area contributed by atoms with Gasteiger partial charge in [-0.15, -0.1) is 0 Å². The summed E-state index contributed by atoms with van der Waals surface area (Å²) in [6.07, 6.45) is 0. The molecule has 1 aromatic carbocycles. The quantitative estimate of drug-likeness (QED) is 0.824. The molecule has 2 aliphatic rings. The molecule has 0 radical (unpaired) electrons. The van der Waals surface area contributed by atoms with Crippen LogP contribution in [-0.2, 0) is 26.1 Å². The minimum absolute atomic E-state index is 0.0108. The largest absolute Gasteiger partial charge is 0.380 e. The Morgan fingerprint density at radius 2 is 2.28 bits per heavy atom. The normalized spacial score (nSPS) is 26.6. The predicted octanol–water partition coefficient (Wildman–Crippen LogP) is 1.39. The topological polar surface area (TPSA) is 75.7 Å². The number of carbonyl (C=O) groups is 1. The van der Waals surface area contributed by atoms with Gasteiger partial charge in [-0.05, 0) is 19.1 Å². The number of hydrogen-bond donors (Lipinski definition) is 1. The van der Waals surface area contributed by atoms with E-state index >= 15 is 0 Å². The second-order valence-corrected chi connectivity index (χ2v) is 9.11. The van der Waals surface area contributed by atoms with Crippen LogP contribution in [0.3, 0.4) is 0 Å². The predicted molar refractivity (Wildman–Crippen MR) is 91.0 cm³/mol. The molecule has 9 heteroatoms. The van der Waals surface area contributed by atoms with E-state index in [1.54, 1.807) is 13.0 Å². The molecule has 2 fully saturated rings. The number of ether oxygens (including phenoxy) is 1. The first kappa shape index (κ1) is 18.6. The Hall–Kier alpha value is -1.22. The lowest BCUT2D eigenvalue weighted by molar-refractivity contribution is -0.131. The Kier molecular flexibility index (Phi) is 5.07. The molecular weight excluding hydrogens is 371 g/mol. The van der Waals surface area contributed by atoms with Gasteiger partial charge in [-0.3, -0.25) is 4.79 Å². The van der Waals surface area contributed by atoms with Crippen LogP contribution >= 0.6 is 11.6 Å². The maximum absolute atomic E-state index is 13.9. The molecule has 2 saturated heterocycles. The van der Waals surface area contributed by atoms with Crippen molar-refractivity contribution < 1.29 is 22.3 Å². The molecule has 138 valence electrons. The number of benzene rings is 1. The van der Waals surface area contributed by atoms with Crippen LogP contribution in [-0.4, -0.2) is 50.7 Å². The molecule has 2 atom stereocenters. The van der Waals surface area contributed by atoms with Crippen LogP contribution in [0.2, 0.25) is 5.02 Å². The van der Waals surface area contributed by atoms with Crippen LogP contribution in [0.5, 0.6) is 0 Å². The highest BCUT2D eigenvalue weighted by atomic mass is 35.5. The van der Waals surface area contributed by atoms with Crippen LogP contribution in [0.1, 0.15) is 12.5 Å². The molecule has 0 saturated carbocycles. The molecule has 2 aliphatic heterocycles. The van der Waals surface area contributed by atoms with Crippen LogP contribution in [0.25, 0.3) is 0 Å².